The fraction of sp³-hybridized carbons (Fsp3) is 0.417. The molecule has 0 spiro atoms. The third kappa shape index (κ3) is 7.17. The SMILES string of the molecule is CC[C@@H](C)NC(=O)[C@H](C)N(Cc1cccc(C)c1)C(=O)CSCc1ccccc1F. The van der Waals surface area contributed by atoms with Gasteiger partial charge in [-0.3, -0.25) is 9.59 Å². The predicted octanol–water partition coefficient (Wildman–Crippen LogP) is 4.70. The number of nitrogens with zero attached hydrogens (tertiary/aromatic N) is 1. The Kier molecular flexibility index (Phi) is 9.37. The predicted molar refractivity (Wildman–Crippen MR) is 122 cm³/mol. The summed E-state index contributed by atoms with van der Waals surface area (Å²) in [5.74, 6) is 0.0232. The Bertz CT molecular complexity index is 859. The number of hydrogen-bond donors (Lipinski definition) is 1. The van der Waals surface area contributed by atoms with Crippen molar-refractivity contribution < 1.29 is 14.0 Å². The Hall–Kier alpha value is -2.34. The van der Waals surface area contributed by atoms with Gasteiger partial charge in [-0.25, -0.2) is 4.39 Å². The van der Waals surface area contributed by atoms with E-state index in [4.69, 9.17) is 0 Å². The molecule has 2 aromatic rings. The van der Waals surface area contributed by atoms with Gasteiger partial charge >= 0.3 is 0 Å². The van der Waals surface area contributed by atoms with Crippen LogP contribution in [0.5, 0.6) is 0 Å². The Balaban J connectivity index is 2.09. The van der Waals surface area contributed by atoms with Crippen LogP contribution in [0, 0.1) is 12.7 Å². The van der Waals surface area contributed by atoms with Crippen LogP contribution in [0.4, 0.5) is 4.39 Å². The average Bonchev–Trinajstić information content (AvgIpc) is 2.72. The van der Waals surface area contributed by atoms with Crippen molar-refractivity contribution in [2.75, 3.05) is 5.75 Å². The van der Waals surface area contributed by atoms with Gasteiger partial charge in [0.2, 0.25) is 11.8 Å². The van der Waals surface area contributed by atoms with Crippen LogP contribution >= 0.6 is 11.8 Å². The Morgan fingerprint density at radius 3 is 2.53 bits per heavy atom. The zero-order chi connectivity index (χ0) is 22.1. The Labute approximate surface area is 183 Å². The minimum atomic E-state index is -0.596. The van der Waals surface area contributed by atoms with Crippen molar-refractivity contribution in [1.29, 1.82) is 0 Å². The molecule has 0 heterocycles. The summed E-state index contributed by atoms with van der Waals surface area (Å²) in [4.78, 5) is 27.3. The molecule has 0 aromatic heterocycles. The van der Waals surface area contributed by atoms with Crippen LogP contribution in [-0.2, 0) is 21.9 Å². The van der Waals surface area contributed by atoms with Crippen molar-refractivity contribution in [3.05, 3.63) is 71.0 Å². The van der Waals surface area contributed by atoms with Gasteiger partial charge in [0.1, 0.15) is 11.9 Å². The normalized spacial score (nSPS) is 12.8. The molecule has 4 nitrogen and oxygen atoms in total. The highest BCUT2D eigenvalue weighted by Crippen LogP contribution is 2.18. The van der Waals surface area contributed by atoms with E-state index in [9.17, 15) is 14.0 Å². The van der Waals surface area contributed by atoms with Crippen molar-refractivity contribution in [1.82, 2.24) is 10.2 Å². The molecule has 1 N–H and O–H groups in total. The number of amides is 2. The van der Waals surface area contributed by atoms with Gasteiger partial charge in [0, 0.05) is 18.3 Å². The van der Waals surface area contributed by atoms with Crippen molar-refractivity contribution in [3.63, 3.8) is 0 Å². The lowest BCUT2D eigenvalue weighted by Crippen LogP contribution is -2.50. The monoisotopic (exact) mass is 430 g/mol. The van der Waals surface area contributed by atoms with Gasteiger partial charge in [0.05, 0.1) is 5.75 Å². The van der Waals surface area contributed by atoms with Gasteiger partial charge in [-0.1, -0.05) is 55.0 Å². The zero-order valence-electron chi connectivity index (χ0n) is 18.2. The molecule has 0 saturated carbocycles. The average molecular weight is 431 g/mol. The number of nitrogens with one attached hydrogen (secondary N) is 1. The topological polar surface area (TPSA) is 49.4 Å². The number of carbonyl (C=O) groups is 2. The lowest BCUT2D eigenvalue weighted by atomic mass is 10.1. The van der Waals surface area contributed by atoms with Crippen LogP contribution in [0.15, 0.2) is 48.5 Å². The third-order valence-electron chi connectivity index (χ3n) is 5.04. The smallest absolute Gasteiger partial charge is 0.242 e. The maximum absolute atomic E-state index is 13.8. The molecule has 0 unspecified atom stereocenters. The van der Waals surface area contributed by atoms with Crippen LogP contribution in [0.2, 0.25) is 0 Å². The minimum Gasteiger partial charge on any atom is -0.352 e. The highest BCUT2D eigenvalue weighted by Gasteiger charge is 2.26. The van der Waals surface area contributed by atoms with E-state index < -0.39 is 6.04 Å². The number of carbonyl (C=O) groups excluding carboxylic acids is 2. The molecular formula is C24H31FN2O2S. The van der Waals surface area contributed by atoms with E-state index in [0.29, 0.717) is 17.9 Å². The van der Waals surface area contributed by atoms with Gasteiger partial charge in [-0.2, -0.15) is 0 Å². The molecule has 2 rings (SSSR count). The van der Waals surface area contributed by atoms with Gasteiger partial charge in [0.15, 0.2) is 0 Å². The zero-order valence-corrected chi connectivity index (χ0v) is 19.0. The molecule has 2 aromatic carbocycles. The number of rotatable bonds is 10. The quantitative estimate of drug-likeness (QED) is 0.594. The summed E-state index contributed by atoms with van der Waals surface area (Å²) in [7, 11) is 0. The first kappa shape index (κ1) is 23.9. The number of benzene rings is 2. The molecule has 0 saturated heterocycles. The fourth-order valence-electron chi connectivity index (χ4n) is 3.00. The maximum atomic E-state index is 13.8. The van der Waals surface area contributed by atoms with E-state index >= 15 is 0 Å². The molecule has 162 valence electrons. The summed E-state index contributed by atoms with van der Waals surface area (Å²) in [6, 6.07) is 14.0. The molecule has 2 amide bonds. The molecule has 0 aliphatic carbocycles. The van der Waals surface area contributed by atoms with E-state index in [1.54, 1.807) is 30.0 Å². The highest BCUT2D eigenvalue weighted by molar-refractivity contribution is 7.99. The number of halogens is 1. The lowest BCUT2D eigenvalue weighted by molar-refractivity contribution is -0.138. The molecule has 0 radical (unpaired) electrons. The molecule has 2 atom stereocenters. The van der Waals surface area contributed by atoms with E-state index in [2.05, 4.69) is 5.32 Å². The number of hydrogen-bond acceptors (Lipinski definition) is 3. The molecule has 0 fully saturated rings. The first-order valence-electron chi connectivity index (χ1n) is 10.3. The lowest BCUT2D eigenvalue weighted by Gasteiger charge is -2.29. The second-order valence-electron chi connectivity index (χ2n) is 7.59. The summed E-state index contributed by atoms with van der Waals surface area (Å²) in [6.45, 7) is 8.06. The van der Waals surface area contributed by atoms with E-state index in [0.717, 1.165) is 17.5 Å². The Morgan fingerprint density at radius 1 is 1.13 bits per heavy atom. The maximum Gasteiger partial charge on any atom is 0.242 e. The second kappa shape index (κ2) is 11.7. The van der Waals surface area contributed by atoms with Gasteiger partial charge in [-0.05, 0) is 44.4 Å². The molecule has 0 bridgehead atoms. The number of thioether (sulfide) groups is 1. The van der Waals surface area contributed by atoms with E-state index in [1.165, 1.54) is 17.8 Å². The minimum absolute atomic E-state index is 0.0475. The van der Waals surface area contributed by atoms with Gasteiger partial charge in [-0.15, -0.1) is 11.8 Å². The summed E-state index contributed by atoms with van der Waals surface area (Å²) >= 11 is 1.36. The fourth-order valence-corrected chi connectivity index (χ4v) is 3.90. The van der Waals surface area contributed by atoms with Gasteiger partial charge < -0.3 is 10.2 Å². The largest absolute Gasteiger partial charge is 0.352 e. The summed E-state index contributed by atoms with van der Waals surface area (Å²) in [5, 5.41) is 2.96. The summed E-state index contributed by atoms with van der Waals surface area (Å²) in [5.41, 5.74) is 2.65. The van der Waals surface area contributed by atoms with Crippen molar-refractivity contribution in [3.8, 4) is 0 Å². The molecular weight excluding hydrogens is 399 g/mol. The van der Waals surface area contributed by atoms with E-state index in [-0.39, 0.29) is 29.4 Å². The summed E-state index contributed by atoms with van der Waals surface area (Å²) < 4.78 is 13.8. The summed E-state index contributed by atoms with van der Waals surface area (Å²) in [6.07, 6.45) is 0.822. The van der Waals surface area contributed by atoms with E-state index in [1.807, 2.05) is 45.0 Å². The van der Waals surface area contributed by atoms with Crippen LogP contribution in [0.3, 0.4) is 0 Å². The third-order valence-corrected chi connectivity index (χ3v) is 6.01. The molecule has 30 heavy (non-hydrogen) atoms. The Morgan fingerprint density at radius 2 is 1.87 bits per heavy atom. The second-order valence-corrected chi connectivity index (χ2v) is 8.57. The first-order chi connectivity index (χ1) is 14.3. The van der Waals surface area contributed by atoms with Crippen LogP contribution in [0.25, 0.3) is 0 Å². The standard InChI is InChI=1S/C24H31FN2O2S/c1-5-18(3)26-24(29)19(4)27(14-20-10-8-9-17(2)13-20)23(28)16-30-15-21-11-6-7-12-22(21)25/h6-13,18-19H,5,14-16H2,1-4H3,(H,26,29)/t18-,19+/m1/s1. The van der Waals surface area contributed by atoms with Crippen LogP contribution < -0.4 is 5.32 Å². The van der Waals surface area contributed by atoms with Crippen LogP contribution in [-0.4, -0.2) is 34.6 Å². The van der Waals surface area contributed by atoms with Gasteiger partial charge in [0.25, 0.3) is 0 Å². The van der Waals surface area contributed by atoms with Crippen molar-refractivity contribution in [2.45, 2.75) is 58.5 Å². The van der Waals surface area contributed by atoms with Crippen LogP contribution in [0.1, 0.15) is 43.9 Å². The molecule has 0 aliphatic rings. The first-order valence-corrected chi connectivity index (χ1v) is 11.4. The van der Waals surface area contributed by atoms with Crippen molar-refractivity contribution >= 4 is 23.6 Å². The molecule has 0 aliphatic heterocycles. The number of aryl methyl sites for hydroxylation is 1. The highest BCUT2D eigenvalue weighted by atomic mass is 32.2. The molecule has 6 heteroatoms. The van der Waals surface area contributed by atoms with Crippen molar-refractivity contribution in [2.24, 2.45) is 0 Å².